The van der Waals surface area contributed by atoms with Gasteiger partial charge in [0.2, 0.25) is 0 Å². The fraction of sp³-hybridized carbons (Fsp3) is 0.333. The van der Waals surface area contributed by atoms with Crippen molar-refractivity contribution >= 4 is 27.5 Å². The van der Waals surface area contributed by atoms with Crippen LogP contribution >= 0.6 is 27.5 Å². The summed E-state index contributed by atoms with van der Waals surface area (Å²) in [6, 6.07) is 3.89. The van der Waals surface area contributed by atoms with Gasteiger partial charge in [-0.05, 0) is 30.2 Å². The van der Waals surface area contributed by atoms with Gasteiger partial charge in [0.05, 0.1) is 6.04 Å². The Kier molecular flexibility index (Phi) is 4.29. The van der Waals surface area contributed by atoms with E-state index < -0.39 is 12.5 Å². The lowest BCUT2D eigenvalue weighted by Gasteiger charge is -2.11. The van der Waals surface area contributed by atoms with E-state index in [1.807, 2.05) is 0 Å². The maximum atomic E-state index is 12.2. The van der Waals surface area contributed by atoms with Crippen LogP contribution in [-0.4, -0.2) is 12.5 Å². The Morgan fingerprint density at radius 1 is 1.43 bits per heavy atom. The number of nitrogens with two attached hydrogens (primary N) is 1. The zero-order chi connectivity index (χ0) is 10.7. The first-order valence-electron chi connectivity index (χ1n) is 3.98. The van der Waals surface area contributed by atoms with Crippen molar-refractivity contribution in [3.05, 3.63) is 33.3 Å². The first-order valence-corrected chi connectivity index (χ1v) is 5.15. The molecule has 0 heterocycles. The van der Waals surface area contributed by atoms with Gasteiger partial charge < -0.3 is 5.73 Å². The number of alkyl halides is 2. The van der Waals surface area contributed by atoms with Crippen LogP contribution in [0.4, 0.5) is 8.78 Å². The lowest BCUT2D eigenvalue weighted by molar-refractivity contribution is 0.116. The molecule has 2 N–H and O–H groups in total. The van der Waals surface area contributed by atoms with Crippen LogP contribution in [0.15, 0.2) is 22.7 Å². The Morgan fingerprint density at radius 2 is 2.07 bits per heavy atom. The van der Waals surface area contributed by atoms with Gasteiger partial charge in [-0.1, -0.05) is 27.5 Å². The lowest BCUT2D eigenvalue weighted by atomic mass is 10.1. The summed E-state index contributed by atoms with van der Waals surface area (Å²) in [6.45, 7) is 0. The SMILES string of the molecule is NC(Cc1cc(Cl)ccc1Br)C(F)F. The van der Waals surface area contributed by atoms with Crippen LogP contribution in [0.25, 0.3) is 0 Å². The molecule has 0 spiro atoms. The number of rotatable bonds is 3. The molecular weight excluding hydrogens is 275 g/mol. The molecule has 0 aliphatic heterocycles. The third-order valence-electron chi connectivity index (χ3n) is 1.79. The Balaban J connectivity index is 2.80. The zero-order valence-electron chi connectivity index (χ0n) is 7.18. The van der Waals surface area contributed by atoms with E-state index in [1.165, 1.54) is 0 Å². The summed E-state index contributed by atoms with van der Waals surface area (Å²) < 4.78 is 25.1. The summed E-state index contributed by atoms with van der Waals surface area (Å²) in [5, 5.41) is 0.518. The molecule has 1 unspecified atom stereocenters. The smallest absolute Gasteiger partial charge is 0.253 e. The second-order valence-corrected chi connectivity index (χ2v) is 4.23. The van der Waals surface area contributed by atoms with Crippen molar-refractivity contribution in [3.8, 4) is 0 Å². The highest BCUT2D eigenvalue weighted by molar-refractivity contribution is 9.10. The van der Waals surface area contributed by atoms with Crippen LogP contribution in [0, 0.1) is 0 Å². The van der Waals surface area contributed by atoms with Crippen LogP contribution in [0.5, 0.6) is 0 Å². The standard InChI is InChI=1S/C9H9BrClF2N/c10-7-2-1-6(11)3-5(7)4-8(14)9(12)13/h1-3,8-9H,4,14H2. The molecule has 1 rings (SSSR count). The molecule has 1 aromatic carbocycles. The van der Waals surface area contributed by atoms with Crippen molar-refractivity contribution in [3.63, 3.8) is 0 Å². The Labute approximate surface area is 94.4 Å². The van der Waals surface area contributed by atoms with Crippen molar-refractivity contribution in [2.75, 3.05) is 0 Å². The van der Waals surface area contributed by atoms with E-state index in [0.29, 0.717) is 10.6 Å². The molecule has 0 fully saturated rings. The monoisotopic (exact) mass is 283 g/mol. The molecule has 0 radical (unpaired) electrons. The summed E-state index contributed by atoms with van der Waals surface area (Å²) >= 11 is 8.98. The third kappa shape index (κ3) is 3.19. The van der Waals surface area contributed by atoms with Crippen LogP contribution in [0.3, 0.4) is 0 Å². The molecule has 1 aromatic rings. The van der Waals surface area contributed by atoms with E-state index in [9.17, 15) is 8.78 Å². The second-order valence-electron chi connectivity index (χ2n) is 2.94. The van der Waals surface area contributed by atoms with E-state index in [1.54, 1.807) is 18.2 Å². The first-order chi connectivity index (χ1) is 6.50. The van der Waals surface area contributed by atoms with Gasteiger partial charge in [-0.15, -0.1) is 0 Å². The molecule has 0 saturated heterocycles. The molecular formula is C9H9BrClF2N. The van der Waals surface area contributed by atoms with Gasteiger partial charge in [0, 0.05) is 9.50 Å². The molecule has 0 aliphatic carbocycles. The molecule has 78 valence electrons. The minimum absolute atomic E-state index is 0.110. The molecule has 0 bridgehead atoms. The zero-order valence-corrected chi connectivity index (χ0v) is 9.52. The van der Waals surface area contributed by atoms with Crippen LogP contribution < -0.4 is 5.73 Å². The van der Waals surface area contributed by atoms with Crippen molar-refractivity contribution in [2.24, 2.45) is 5.73 Å². The first kappa shape index (κ1) is 11.9. The fourth-order valence-corrected chi connectivity index (χ4v) is 1.65. The van der Waals surface area contributed by atoms with Crippen molar-refractivity contribution < 1.29 is 8.78 Å². The summed E-state index contributed by atoms with van der Waals surface area (Å²) in [6.07, 6.45) is -2.40. The van der Waals surface area contributed by atoms with Crippen molar-refractivity contribution in [1.82, 2.24) is 0 Å². The third-order valence-corrected chi connectivity index (χ3v) is 2.80. The maximum Gasteiger partial charge on any atom is 0.253 e. The van der Waals surface area contributed by atoms with E-state index >= 15 is 0 Å². The van der Waals surface area contributed by atoms with Gasteiger partial charge in [0.1, 0.15) is 0 Å². The van der Waals surface area contributed by atoms with Gasteiger partial charge in [0.15, 0.2) is 0 Å². The van der Waals surface area contributed by atoms with E-state index in [2.05, 4.69) is 15.9 Å². The average Bonchev–Trinajstić information content (AvgIpc) is 2.11. The second kappa shape index (κ2) is 5.05. The molecule has 0 aliphatic rings. The summed E-state index contributed by atoms with van der Waals surface area (Å²) in [5.41, 5.74) is 5.95. The number of hydrogen-bond acceptors (Lipinski definition) is 1. The van der Waals surface area contributed by atoms with Crippen molar-refractivity contribution in [2.45, 2.75) is 18.9 Å². The highest BCUT2D eigenvalue weighted by Gasteiger charge is 2.16. The highest BCUT2D eigenvalue weighted by Crippen LogP contribution is 2.22. The molecule has 1 atom stereocenters. The summed E-state index contributed by atoms with van der Waals surface area (Å²) in [4.78, 5) is 0. The average molecular weight is 285 g/mol. The van der Waals surface area contributed by atoms with Crippen molar-refractivity contribution in [1.29, 1.82) is 0 Å². The molecule has 1 nitrogen and oxygen atoms in total. The quantitative estimate of drug-likeness (QED) is 0.906. The normalized spacial score (nSPS) is 13.3. The highest BCUT2D eigenvalue weighted by atomic mass is 79.9. The Morgan fingerprint density at radius 3 is 2.64 bits per heavy atom. The minimum Gasteiger partial charge on any atom is -0.323 e. The molecule has 0 amide bonds. The lowest BCUT2D eigenvalue weighted by Crippen LogP contribution is -2.31. The fourth-order valence-electron chi connectivity index (χ4n) is 1.04. The predicted octanol–water partition coefficient (Wildman–Crippen LogP) is 3.24. The summed E-state index contributed by atoms with van der Waals surface area (Å²) in [7, 11) is 0. The van der Waals surface area contributed by atoms with Crippen LogP contribution in [0.1, 0.15) is 5.56 Å². The predicted molar refractivity (Wildman–Crippen MR) is 56.8 cm³/mol. The van der Waals surface area contributed by atoms with Gasteiger partial charge in [-0.25, -0.2) is 8.78 Å². The molecule has 5 heteroatoms. The number of hydrogen-bond donors (Lipinski definition) is 1. The minimum atomic E-state index is -2.51. The van der Waals surface area contributed by atoms with Crippen LogP contribution in [-0.2, 0) is 6.42 Å². The Hall–Kier alpha value is -0.190. The molecule has 14 heavy (non-hydrogen) atoms. The van der Waals surface area contributed by atoms with E-state index in [-0.39, 0.29) is 6.42 Å². The van der Waals surface area contributed by atoms with Gasteiger partial charge in [0.25, 0.3) is 6.43 Å². The summed E-state index contributed by atoms with van der Waals surface area (Å²) in [5.74, 6) is 0. The molecule has 0 aromatic heterocycles. The largest absolute Gasteiger partial charge is 0.323 e. The van der Waals surface area contributed by atoms with Crippen LogP contribution in [0.2, 0.25) is 5.02 Å². The topological polar surface area (TPSA) is 26.0 Å². The van der Waals surface area contributed by atoms with Gasteiger partial charge in [-0.3, -0.25) is 0 Å². The molecule has 0 saturated carbocycles. The number of halogens is 4. The van der Waals surface area contributed by atoms with Gasteiger partial charge >= 0.3 is 0 Å². The Bertz CT molecular complexity index is 320. The van der Waals surface area contributed by atoms with E-state index in [0.717, 1.165) is 4.47 Å². The van der Waals surface area contributed by atoms with E-state index in [4.69, 9.17) is 17.3 Å². The number of benzene rings is 1. The maximum absolute atomic E-state index is 12.2. The van der Waals surface area contributed by atoms with Gasteiger partial charge in [-0.2, -0.15) is 0 Å².